The predicted molar refractivity (Wildman–Crippen MR) is 103 cm³/mol. The molecule has 1 atom stereocenters. The van der Waals surface area contributed by atoms with Gasteiger partial charge in [0.15, 0.2) is 6.04 Å². The highest BCUT2D eigenvalue weighted by Crippen LogP contribution is 2.32. The smallest absolute Gasteiger partial charge is 0.369 e. The zero-order valence-corrected chi connectivity index (χ0v) is 16.3. The predicted octanol–water partition coefficient (Wildman–Crippen LogP) is 2.90. The number of pyridine rings is 1. The number of H-pyrrole nitrogens is 1. The summed E-state index contributed by atoms with van der Waals surface area (Å²) in [6, 6.07) is 0.394. The Morgan fingerprint density at radius 2 is 2.03 bits per heavy atom. The Balaban J connectivity index is 1.78. The van der Waals surface area contributed by atoms with Crippen LogP contribution in [-0.4, -0.2) is 43.8 Å². The van der Waals surface area contributed by atoms with E-state index in [1.165, 1.54) is 18.3 Å². The first kappa shape index (κ1) is 21.2. The first-order chi connectivity index (χ1) is 14.3. The second kappa shape index (κ2) is 8.89. The van der Waals surface area contributed by atoms with Crippen LogP contribution in [0.3, 0.4) is 0 Å². The highest BCUT2D eigenvalue weighted by Gasteiger charge is 2.42. The Morgan fingerprint density at radius 3 is 2.67 bits per heavy atom. The van der Waals surface area contributed by atoms with Crippen LogP contribution in [0.5, 0.6) is 0 Å². The summed E-state index contributed by atoms with van der Waals surface area (Å²) in [7, 11) is 0. The molecule has 8 nitrogen and oxygen atoms in total. The molecule has 0 aromatic carbocycles. The number of anilines is 1. The number of aromatic amines is 1. The van der Waals surface area contributed by atoms with Crippen molar-refractivity contribution in [2.24, 2.45) is 0 Å². The van der Waals surface area contributed by atoms with Gasteiger partial charge in [-0.3, -0.25) is 14.9 Å². The molecule has 0 radical (unpaired) electrons. The maximum Gasteiger partial charge on any atom is 0.412 e. The number of nitrogens with one attached hydrogen (secondary N) is 3. The van der Waals surface area contributed by atoms with E-state index in [-0.39, 0.29) is 11.4 Å². The molecule has 11 heteroatoms. The number of rotatable bonds is 7. The van der Waals surface area contributed by atoms with Crippen molar-refractivity contribution in [3.8, 4) is 0 Å². The lowest BCUT2D eigenvalue weighted by Crippen LogP contribution is -2.39. The summed E-state index contributed by atoms with van der Waals surface area (Å²) in [6.07, 6.45) is 1.81. The van der Waals surface area contributed by atoms with Crippen molar-refractivity contribution >= 4 is 11.7 Å². The van der Waals surface area contributed by atoms with Crippen LogP contribution >= 0.6 is 0 Å². The van der Waals surface area contributed by atoms with Gasteiger partial charge < -0.3 is 10.6 Å². The van der Waals surface area contributed by atoms with Crippen LogP contribution in [0.25, 0.3) is 0 Å². The van der Waals surface area contributed by atoms with E-state index in [2.05, 4.69) is 30.5 Å². The summed E-state index contributed by atoms with van der Waals surface area (Å²) >= 11 is 0. The number of hydrogen-bond acceptors (Lipinski definition) is 6. The Labute approximate surface area is 170 Å². The van der Waals surface area contributed by atoms with Crippen molar-refractivity contribution in [2.45, 2.75) is 32.5 Å². The molecule has 1 amide bonds. The quantitative estimate of drug-likeness (QED) is 0.544. The lowest BCUT2D eigenvalue weighted by atomic mass is 10.1. The van der Waals surface area contributed by atoms with E-state index in [0.717, 1.165) is 11.8 Å². The summed E-state index contributed by atoms with van der Waals surface area (Å²) in [4.78, 5) is 24.4. The van der Waals surface area contributed by atoms with Gasteiger partial charge in [-0.25, -0.2) is 9.97 Å². The van der Waals surface area contributed by atoms with Gasteiger partial charge in [0.25, 0.3) is 5.91 Å². The lowest BCUT2D eigenvalue weighted by molar-refractivity contribution is -0.155. The molecular weight excluding hydrogens is 399 g/mol. The zero-order valence-electron chi connectivity index (χ0n) is 16.3. The third-order valence-electron chi connectivity index (χ3n) is 4.47. The number of alkyl halides is 3. The Hall–Kier alpha value is -3.50. The molecule has 30 heavy (non-hydrogen) atoms. The zero-order chi connectivity index (χ0) is 21.7. The first-order valence-electron chi connectivity index (χ1n) is 9.10. The summed E-state index contributed by atoms with van der Waals surface area (Å²) in [5, 5.41) is 11.6. The summed E-state index contributed by atoms with van der Waals surface area (Å²) < 4.78 is 40.5. The van der Waals surface area contributed by atoms with E-state index in [4.69, 9.17) is 0 Å². The minimum absolute atomic E-state index is 0.180. The average molecular weight is 419 g/mol. The van der Waals surface area contributed by atoms with Crippen molar-refractivity contribution in [1.82, 2.24) is 30.5 Å². The molecule has 0 aliphatic heterocycles. The fourth-order valence-corrected chi connectivity index (χ4v) is 2.74. The van der Waals surface area contributed by atoms with Crippen LogP contribution < -0.4 is 10.6 Å². The van der Waals surface area contributed by atoms with Crippen LogP contribution in [0.15, 0.2) is 36.9 Å². The van der Waals surface area contributed by atoms with Crippen molar-refractivity contribution in [3.63, 3.8) is 0 Å². The fourth-order valence-electron chi connectivity index (χ4n) is 2.74. The number of carbonyl (C=O) groups is 1. The molecule has 3 aromatic heterocycles. The molecule has 3 rings (SSSR count). The van der Waals surface area contributed by atoms with Gasteiger partial charge in [0.1, 0.15) is 5.82 Å². The van der Waals surface area contributed by atoms with E-state index in [1.54, 1.807) is 26.2 Å². The minimum Gasteiger partial charge on any atom is -0.369 e. The van der Waals surface area contributed by atoms with Gasteiger partial charge in [-0.05, 0) is 31.9 Å². The molecule has 3 aromatic rings. The van der Waals surface area contributed by atoms with Crippen molar-refractivity contribution in [1.29, 1.82) is 0 Å². The van der Waals surface area contributed by atoms with Crippen molar-refractivity contribution < 1.29 is 18.0 Å². The first-order valence-corrected chi connectivity index (χ1v) is 9.10. The van der Waals surface area contributed by atoms with Gasteiger partial charge in [0.2, 0.25) is 5.82 Å². The largest absolute Gasteiger partial charge is 0.412 e. The van der Waals surface area contributed by atoms with Crippen LogP contribution in [0, 0.1) is 13.8 Å². The fraction of sp³-hybridized carbons (Fsp3) is 0.316. The number of carbonyl (C=O) groups excluding carboxylic acids is 1. The van der Waals surface area contributed by atoms with E-state index in [1.807, 2.05) is 5.32 Å². The lowest BCUT2D eigenvalue weighted by Gasteiger charge is -2.21. The molecule has 3 N–H and O–H groups in total. The Bertz CT molecular complexity index is 991. The number of hydrogen-bond donors (Lipinski definition) is 3. The normalized spacial score (nSPS) is 12.4. The molecule has 0 spiro atoms. The molecule has 158 valence electrons. The monoisotopic (exact) mass is 419 g/mol. The summed E-state index contributed by atoms with van der Waals surface area (Å²) in [5.41, 5.74) is 2.00. The van der Waals surface area contributed by atoms with Crippen LogP contribution in [0.1, 0.15) is 39.0 Å². The number of aromatic nitrogens is 5. The second-order valence-electron chi connectivity index (χ2n) is 6.62. The second-order valence-corrected chi connectivity index (χ2v) is 6.62. The Morgan fingerprint density at radius 1 is 1.23 bits per heavy atom. The van der Waals surface area contributed by atoms with Gasteiger partial charge >= 0.3 is 6.18 Å². The maximum absolute atomic E-state index is 13.5. The summed E-state index contributed by atoms with van der Waals surface area (Å²) in [5.74, 6) is -0.981. The highest BCUT2D eigenvalue weighted by atomic mass is 19.4. The number of nitrogens with zero attached hydrogens (tertiary/aromatic N) is 4. The molecular formula is C19H20F3N7O. The molecule has 0 fully saturated rings. The summed E-state index contributed by atoms with van der Waals surface area (Å²) in [6.45, 7) is 3.93. The molecule has 0 aliphatic carbocycles. The van der Waals surface area contributed by atoms with E-state index in [9.17, 15) is 18.0 Å². The van der Waals surface area contributed by atoms with Gasteiger partial charge in [-0.2, -0.15) is 18.3 Å². The van der Waals surface area contributed by atoms with Crippen LogP contribution in [-0.2, 0) is 6.42 Å². The number of halogens is 3. The average Bonchev–Trinajstić information content (AvgIpc) is 3.22. The van der Waals surface area contributed by atoms with Crippen LogP contribution in [0.4, 0.5) is 19.0 Å². The van der Waals surface area contributed by atoms with E-state index < -0.39 is 18.1 Å². The molecule has 1 unspecified atom stereocenters. The van der Waals surface area contributed by atoms with Gasteiger partial charge in [0, 0.05) is 42.0 Å². The molecule has 3 heterocycles. The number of aryl methyl sites for hydroxylation is 1. The van der Waals surface area contributed by atoms with Crippen molar-refractivity contribution in [2.75, 3.05) is 11.9 Å². The third kappa shape index (κ3) is 5.10. The standard InChI is InChI=1S/C19H20F3N7O/c1-11-12(2)27-17(29-16(11)24-7-5-13-8-25-26-9-13)18(30)28-15(19(20,21)22)14-4-3-6-23-10-14/h3-4,6,8-10,15H,5,7H2,1-2H3,(H,25,26)(H,28,30)(H,24,27,29). The van der Waals surface area contributed by atoms with Crippen LogP contribution in [0.2, 0.25) is 0 Å². The number of amides is 1. The van der Waals surface area contributed by atoms with Gasteiger partial charge in [-0.15, -0.1) is 0 Å². The van der Waals surface area contributed by atoms with Gasteiger partial charge in [-0.1, -0.05) is 6.07 Å². The molecule has 0 saturated heterocycles. The SMILES string of the molecule is Cc1nc(C(=O)NC(c2cccnc2)C(F)(F)F)nc(NCCc2cn[nH]c2)c1C. The van der Waals surface area contributed by atoms with Crippen molar-refractivity contribution in [3.05, 3.63) is 65.1 Å². The highest BCUT2D eigenvalue weighted by molar-refractivity contribution is 5.91. The van der Waals surface area contributed by atoms with Gasteiger partial charge in [0.05, 0.1) is 6.20 Å². The minimum atomic E-state index is -4.70. The topological polar surface area (TPSA) is 108 Å². The molecule has 0 saturated carbocycles. The maximum atomic E-state index is 13.5. The van der Waals surface area contributed by atoms with E-state index >= 15 is 0 Å². The molecule has 0 aliphatic rings. The van der Waals surface area contributed by atoms with E-state index in [0.29, 0.717) is 30.0 Å². The third-order valence-corrected chi connectivity index (χ3v) is 4.47. The molecule has 0 bridgehead atoms. The Kier molecular flexibility index (Phi) is 6.28.